The highest BCUT2D eigenvalue weighted by molar-refractivity contribution is 5.48. The van der Waals surface area contributed by atoms with Gasteiger partial charge in [-0.25, -0.2) is 15.8 Å². The molecule has 0 saturated heterocycles. The van der Waals surface area contributed by atoms with Gasteiger partial charge in [-0.05, 0) is 11.8 Å². The van der Waals surface area contributed by atoms with Crippen molar-refractivity contribution in [3.63, 3.8) is 0 Å². The highest BCUT2D eigenvalue weighted by atomic mass is 16.3. The van der Waals surface area contributed by atoms with Crippen molar-refractivity contribution < 1.29 is 5.11 Å². The second-order valence-electron chi connectivity index (χ2n) is 7.43. The average Bonchev–Trinajstić information content (AvgIpc) is 2.35. The summed E-state index contributed by atoms with van der Waals surface area (Å²) < 4.78 is 0. The molecule has 0 aromatic carbocycles. The van der Waals surface area contributed by atoms with Gasteiger partial charge in [0, 0.05) is 24.1 Å². The maximum atomic E-state index is 9.26. The first kappa shape index (κ1) is 17.7. The molecular formula is C15H29N5O. The van der Waals surface area contributed by atoms with Crippen molar-refractivity contribution in [2.75, 3.05) is 17.3 Å². The predicted octanol–water partition coefficient (Wildman–Crippen LogP) is 2.27. The van der Waals surface area contributed by atoms with E-state index < -0.39 is 0 Å². The van der Waals surface area contributed by atoms with E-state index in [0.717, 1.165) is 11.6 Å². The SMILES string of the molecule is CC(C)(C)c1nc(NN)cc(NC(CCO)C(C)(C)C)n1. The molecule has 6 heteroatoms. The molecule has 1 atom stereocenters. The predicted molar refractivity (Wildman–Crippen MR) is 87.1 cm³/mol. The molecule has 0 bridgehead atoms. The van der Waals surface area contributed by atoms with Crippen LogP contribution in [0.2, 0.25) is 0 Å². The Hall–Kier alpha value is -1.40. The number of rotatable bonds is 5. The molecule has 0 fully saturated rings. The molecule has 0 spiro atoms. The second kappa shape index (κ2) is 6.58. The molecule has 1 aromatic rings. The van der Waals surface area contributed by atoms with Crippen molar-refractivity contribution in [3.05, 3.63) is 11.9 Å². The summed E-state index contributed by atoms with van der Waals surface area (Å²) in [5.74, 6) is 7.51. The summed E-state index contributed by atoms with van der Waals surface area (Å²) in [6.45, 7) is 12.7. The Labute approximate surface area is 127 Å². The van der Waals surface area contributed by atoms with Crippen LogP contribution in [0.25, 0.3) is 0 Å². The average molecular weight is 295 g/mol. The summed E-state index contributed by atoms with van der Waals surface area (Å²) >= 11 is 0. The van der Waals surface area contributed by atoms with Crippen LogP contribution >= 0.6 is 0 Å². The fourth-order valence-corrected chi connectivity index (χ4v) is 1.96. The molecule has 0 saturated carbocycles. The first-order valence-corrected chi connectivity index (χ1v) is 7.31. The molecule has 0 amide bonds. The zero-order valence-corrected chi connectivity index (χ0v) is 14.0. The van der Waals surface area contributed by atoms with Gasteiger partial charge in [-0.15, -0.1) is 0 Å². The van der Waals surface area contributed by atoms with Crippen molar-refractivity contribution in [2.24, 2.45) is 11.3 Å². The van der Waals surface area contributed by atoms with Gasteiger partial charge >= 0.3 is 0 Å². The van der Waals surface area contributed by atoms with Crippen molar-refractivity contribution in [3.8, 4) is 0 Å². The summed E-state index contributed by atoms with van der Waals surface area (Å²) in [4.78, 5) is 8.99. The van der Waals surface area contributed by atoms with Crippen molar-refractivity contribution >= 4 is 11.6 Å². The van der Waals surface area contributed by atoms with Crippen LogP contribution in [-0.4, -0.2) is 27.7 Å². The standard InChI is InChI=1S/C15H29N5O/c1-14(2,3)10(7-8-21)17-11-9-12(20-16)19-13(18-11)15(4,5)6/h9-10,21H,7-8,16H2,1-6H3,(H2,17,18,19,20). The normalized spacial score (nSPS) is 13.9. The molecule has 21 heavy (non-hydrogen) atoms. The lowest BCUT2D eigenvalue weighted by Gasteiger charge is -2.32. The van der Waals surface area contributed by atoms with E-state index in [2.05, 4.69) is 62.3 Å². The van der Waals surface area contributed by atoms with Crippen LogP contribution in [0, 0.1) is 5.41 Å². The third kappa shape index (κ3) is 5.13. The molecule has 1 unspecified atom stereocenters. The monoisotopic (exact) mass is 295 g/mol. The Bertz CT molecular complexity index is 462. The largest absolute Gasteiger partial charge is 0.396 e. The third-order valence-electron chi connectivity index (χ3n) is 3.33. The first-order valence-electron chi connectivity index (χ1n) is 7.31. The minimum absolute atomic E-state index is 0.00584. The van der Waals surface area contributed by atoms with Crippen molar-refractivity contribution in [1.82, 2.24) is 9.97 Å². The van der Waals surface area contributed by atoms with E-state index in [0.29, 0.717) is 12.2 Å². The molecular weight excluding hydrogens is 266 g/mol. The van der Waals surface area contributed by atoms with Gasteiger partial charge in [-0.1, -0.05) is 41.5 Å². The van der Waals surface area contributed by atoms with Gasteiger partial charge in [0.05, 0.1) is 0 Å². The summed E-state index contributed by atoms with van der Waals surface area (Å²) in [7, 11) is 0. The Balaban J connectivity index is 3.11. The Morgan fingerprint density at radius 2 is 1.71 bits per heavy atom. The van der Waals surface area contributed by atoms with Gasteiger partial charge < -0.3 is 15.8 Å². The number of aromatic nitrogens is 2. The number of hydrogen-bond donors (Lipinski definition) is 4. The molecule has 6 nitrogen and oxygen atoms in total. The molecule has 120 valence electrons. The molecule has 1 rings (SSSR count). The minimum atomic E-state index is -0.169. The van der Waals surface area contributed by atoms with E-state index in [4.69, 9.17) is 5.84 Å². The lowest BCUT2D eigenvalue weighted by Crippen LogP contribution is -2.35. The molecule has 1 heterocycles. The van der Waals surface area contributed by atoms with Crippen LogP contribution in [0.5, 0.6) is 0 Å². The molecule has 1 aromatic heterocycles. The maximum Gasteiger partial charge on any atom is 0.145 e. The number of hydrazine groups is 1. The molecule has 0 aliphatic rings. The molecule has 0 radical (unpaired) electrons. The number of nitrogens with zero attached hydrogens (tertiary/aromatic N) is 2. The van der Waals surface area contributed by atoms with Gasteiger partial charge in [-0.3, -0.25) is 0 Å². The zero-order chi connectivity index (χ0) is 16.3. The lowest BCUT2D eigenvalue weighted by molar-refractivity contribution is 0.235. The Kier molecular flexibility index (Phi) is 5.53. The van der Waals surface area contributed by atoms with E-state index in [1.54, 1.807) is 6.07 Å². The minimum Gasteiger partial charge on any atom is -0.396 e. The Morgan fingerprint density at radius 3 is 2.14 bits per heavy atom. The lowest BCUT2D eigenvalue weighted by atomic mass is 9.85. The number of hydrogen-bond acceptors (Lipinski definition) is 6. The van der Waals surface area contributed by atoms with Crippen molar-refractivity contribution in [1.29, 1.82) is 0 Å². The number of nitrogens with two attached hydrogens (primary N) is 1. The van der Waals surface area contributed by atoms with Gasteiger partial charge in [0.25, 0.3) is 0 Å². The van der Waals surface area contributed by atoms with Gasteiger partial charge in [0.1, 0.15) is 17.5 Å². The van der Waals surface area contributed by atoms with E-state index >= 15 is 0 Å². The maximum absolute atomic E-state index is 9.26. The van der Waals surface area contributed by atoms with E-state index in [1.165, 1.54) is 0 Å². The summed E-state index contributed by atoms with van der Waals surface area (Å²) in [6, 6.07) is 1.89. The summed E-state index contributed by atoms with van der Waals surface area (Å²) in [6.07, 6.45) is 0.656. The number of aliphatic hydroxyl groups is 1. The number of aliphatic hydroxyl groups excluding tert-OH is 1. The van der Waals surface area contributed by atoms with Crippen LogP contribution in [-0.2, 0) is 5.41 Å². The topological polar surface area (TPSA) is 96.1 Å². The van der Waals surface area contributed by atoms with Crippen molar-refractivity contribution in [2.45, 2.75) is 59.4 Å². The van der Waals surface area contributed by atoms with Crippen LogP contribution in [0.3, 0.4) is 0 Å². The van der Waals surface area contributed by atoms with E-state index in [9.17, 15) is 5.11 Å². The Morgan fingerprint density at radius 1 is 1.14 bits per heavy atom. The highest BCUT2D eigenvalue weighted by Gasteiger charge is 2.25. The second-order valence-corrected chi connectivity index (χ2v) is 7.43. The quantitative estimate of drug-likeness (QED) is 0.491. The smallest absolute Gasteiger partial charge is 0.145 e. The number of nitrogens with one attached hydrogen (secondary N) is 2. The van der Waals surface area contributed by atoms with Gasteiger partial charge in [0.15, 0.2) is 0 Å². The van der Waals surface area contributed by atoms with Crippen LogP contribution in [0.15, 0.2) is 6.07 Å². The van der Waals surface area contributed by atoms with E-state index in [-0.39, 0.29) is 23.5 Å². The van der Waals surface area contributed by atoms with Crippen LogP contribution in [0.4, 0.5) is 11.6 Å². The van der Waals surface area contributed by atoms with Gasteiger partial charge in [-0.2, -0.15) is 0 Å². The zero-order valence-electron chi connectivity index (χ0n) is 14.0. The molecule has 0 aliphatic carbocycles. The number of anilines is 2. The summed E-state index contributed by atoms with van der Waals surface area (Å²) in [5, 5.41) is 12.7. The van der Waals surface area contributed by atoms with Crippen LogP contribution < -0.4 is 16.6 Å². The van der Waals surface area contributed by atoms with Crippen LogP contribution in [0.1, 0.15) is 53.8 Å². The highest BCUT2D eigenvalue weighted by Crippen LogP contribution is 2.27. The third-order valence-corrected chi connectivity index (χ3v) is 3.33. The molecule has 5 N–H and O–H groups in total. The summed E-state index contributed by atoms with van der Waals surface area (Å²) in [5.41, 5.74) is 2.42. The number of nitrogen functional groups attached to an aromatic ring is 1. The molecule has 0 aliphatic heterocycles. The fourth-order valence-electron chi connectivity index (χ4n) is 1.96. The fraction of sp³-hybridized carbons (Fsp3) is 0.733. The van der Waals surface area contributed by atoms with E-state index in [1.807, 2.05) is 0 Å². The van der Waals surface area contributed by atoms with Gasteiger partial charge in [0.2, 0.25) is 0 Å². The first-order chi connectivity index (χ1) is 9.57.